The molecule has 1 nitrogen and oxygen atoms in total. The van der Waals surface area contributed by atoms with Crippen molar-refractivity contribution in [2.45, 2.75) is 0 Å². The van der Waals surface area contributed by atoms with E-state index in [1.54, 1.807) is 10.4 Å². The van der Waals surface area contributed by atoms with Crippen LogP contribution in [0.2, 0.25) is 0 Å². The Balaban J connectivity index is 2.79. The van der Waals surface area contributed by atoms with Gasteiger partial charge in [0.2, 0.25) is 0 Å². The van der Waals surface area contributed by atoms with Gasteiger partial charge in [0.15, 0.2) is 0 Å². The van der Waals surface area contributed by atoms with Gasteiger partial charge in [0.1, 0.15) is 0 Å². The van der Waals surface area contributed by atoms with Crippen molar-refractivity contribution in [2.75, 3.05) is 0 Å². The molecule has 0 aliphatic carbocycles. The third kappa shape index (κ3) is 0.652. The predicted molar refractivity (Wildman–Crippen MR) is 26.6 cm³/mol. The maximum Gasteiger partial charge on any atom is 0.0353 e. The van der Waals surface area contributed by atoms with Crippen LogP contribution < -0.4 is 0 Å². The highest BCUT2D eigenvalue weighted by atomic mass is 33.8. The Morgan fingerprint density at radius 2 is 2.25 bits per heavy atom. The number of thiol groups is 1. The van der Waals surface area contributed by atoms with E-state index in [-0.39, 0.29) is 0 Å². The SMILES string of the molecule is N#[SH]1PS1. The van der Waals surface area contributed by atoms with Gasteiger partial charge >= 0.3 is 0 Å². The fraction of sp³-hybridized carbons (Fsp3) is 0. The first kappa shape index (κ1) is 3.05. The molecule has 0 aromatic rings. The van der Waals surface area contributed by atoms with Crippen molar-refractivity contribution in [3.63, 3.8) is 0 Å². The molecule has 0 aromatic carbocycles. The molecule has 1 aliphatic rings. The van der Waals surface area contributed by atoms with E-state index in [0.717, 1.165) is 6.98 Å². The van der Waals surface area contributed by atoms with Gasteiger partial charge in [0.05, 0.1) is 0 Å². The van der Waals surface area contributed by atoms with E-state index in [2.05, 4.69) is 0 Å². The summed E-state index contributed by atoms with van der Waals surface area (Å²) in [4.78, 5) is 0. The zero-order chi connectivity index (χ0) is 2.99. The molecule has 0 N–H and O–H groups in total. The summed E-state index contributed by atoms with van der Waals surface area (Å²) in [7, 11) is 1.25. The maximum atomic E-state index is 8.21. The van der Waals surface area contributed by atoms with E-state index in [1.165, 1.54) is 0 Å². The fourth-order valence-corrected chi connectivity index (χ4v) is 1.48. The van der Waals surface area contributed by atoms with Crippen molar-refractivity contribution >= 4 is 26.6 Å². The van der Waals surface area contributed by atoms with Crippen molar-refractivity contribution in [1.82, 2.24) is 0 Å². The summed E-state index contributed by atoms with van der Waals surface area (Å²) in [5.41, 5.74) is 0. The van der Waals surface area contributed by atoms with Crippen molar-refractivity contribution in [1.29, 1.82) is 4.61 Å². The molecule has 0 aromatic heterocycles. The lowest BCUT2D eigenvalue weighted by atomic mass is 14.0. The lowest BCUT2D eigenvalue weighted by molar-refractivity contribution is 1.67. The molecule has 4 heteroatoms. The number of nitrogens with zero attached hydrogens (tertiary/aromatic N) is 1. The summed E-state index contributed by atoms with van der Waals surface area (Å²) >= 11 is 0. The molecule has 0 amide bonds. The third-order valence-electron chi connectivity index (χ3n) is 0.173. The molecule has 0 spiro atoms. The summed E-state index contributed by atoms with van der Waals surface area (Å²) in [6.07, 6.45) is 0. The number of hydrogen-bond donors (Lipinski definition) is 1. The van der Waals surface area contributed by atoms with Crippen molar-refractivity contribution in [2.24, 2.45) is 0 Å². The van der Waals surface area contributed by atoms with Crippen LogP contribution >= 0.6 is 26.6 Å². The van der Waals surface area contributed by atoms with E-state index < -0.39 is 9.18 Å². The molecule has 4 heavy (non-hydrogen) atoms. The molecule has 1 heterocycles. The summed E-state index contributed by atoms with van der Waals surface area (Å²) < 4.78 is 8.21. The summed E-state index contributed by atoms with van der Waals surface area (Å²) in [5, 5.41) is 0. The van der Waals surface area contributed by atoms with E-state index in [1.807, 2.05) is 0 Å². The molecule has 24 valence electrons. The highest BCUT2D eigenvalue weighted by Gasteiger charge is 2.05. The Kier molecular flexibility index (Phi) is 0.692. The lowest BCUT2D eigenvalue weighted by Gasteiger charge is -1.23. The van der Waals surface area contributed by atoms with Crippen LogP contribution in [0.3, 0.4) is 0 Å². The van der Waals surface area contributed by atoms with Gasteiger partial charge in [-0.1, -0.05) is 0 Å². The van der Waals surface area contributed by atoms with Crippen molar-refractivity contribution in [3.8, 4) is 0 Å². The smallest absolute Gasteiger partial charge is 0.0353 e. The van der Waals surface area contributed by atoms with E-state index in [4.69, 9.17) is 4.61 Å². The molecule has 1 aliphatic heterocycles. The van der Waals surface area contributed by atoms with Gasteiger partial charge in [-0.3, -0.25) is 0 Å². The summed E-state index contributed by atoms with van der Waals surface area (Å²) in [5.74, 6) is 0. The van der Waals surface area contributed by atoms with Crippen LogP contribution in [0.25, 0.3) is 0 Å². The molecule has 1 fully saturated rings. The fourth-order valence-electron chi connectivity index (χ4n) is 0.0183. The van der Waals surface area contributed by atoms with Gasteiger partial charge < -0.3 is 0 Å². The van der Waals surface area contributed by atoms with Gasteiger partial charge in [0.25, 0.3) is 0 Å². The molecular weight excluding hydrogens is 109 g/mol. The van der Waals surface area contributed by atoms with Gasteiger partial charge in [-0.2, -0.15) is 0 Å². The van der Waals surface area contributed by atoms with Crippen LogP contribution in [-0.2, 0) is 0 Å². The van der Waals surface area contributed by atoms with E-state index in [0.29, 0.717) is 0 Å². The highest BCUT2D eigenvalue weighted by Crippen LogP contribution is 2.76. The topological polar surface area (TPSA) is 23.8 Å². The van der Waals surface area contributed by atoms with E-state index >= 15 is 0 Å². The normalized spacial score (nSPS) is 45.2. The van der Waals surface area contributed by atoms with Crippen LogP contribution in [0.15, 0.2) is 0 Å². The molecule has 0 saturated carbocycles. The van der Waals surface area contributed by atoms with Crippen molar-refractivity contribution in [3.05, 3.63) is 0 Å². The van der Waals surface area contributed by atoms with Crippen LogP contribution in [-0.4, -0.2) is 0 Å². The average molecular weight is 111 g/mol. The van der Waals surface area contributed by atoms with Gasteiger partial charge in [-0.15, -0.1) is 0 Å². The monoisotopic (exact) mass is 111 g/mol. The first-order chi connectivity index (χ1) is 1.89. The minimum atomic E-state index is -0.426. The van der Waals surface area contributed by atoms with Crippen LogP contribution in [0, 0.1) is 4.61 Å². The van der Waals surface area contributed by atoms with Crippen LogP contribution in [0.4, 0.5) is 0 Å². The van der Waals surface area contributed by atoms with Gasteiger partial charge in [-0.25, -0.2) is 4.61 Å². The van der Waals surface area contributed by atoms with Gasteiger partial charge in [0, 0.05) is 16.2 Å². The van der Waals surface area contributed by atoms with Crippen molar-refractivity contribution < 1.29 is 0 Å². The quantitative estimate of drug-likeness (QED) is 0.222. The molecule has 1 rings (SSSR count). The predicted octanol–water partition coefficient (Wildman–Crippen LogP) is 1.64. The zero-order valence-electron chi connectivity index (χ0n) is 1.80. The first-order valence-corrected chi connectivity index (χ1v) is 6.09. The molecule has 1 saturated heterocycles. The standard InChI is InChI=1S/H2NPS2/c1-4-2-3-4/h2,4H. The highest BCUT2D eigenvalue weighted by molar-refractivity contribution is 9.41. The molecular formula is H2NPS2. The number of rotatable bonds is 0. The van der Waals surface area contributed by atoms with Gasteiger partial charge in [-0.05, 0) is 10.4 Å². The van der Waals surface area contributed by atoms with E-state index in [9.17, 15) is 0 Å². The minimum absolute atomic E-state index is 0.426. The Labute approximate surface area is 31.8 Å². The lowest BCUT2D eigenvalue weighted by Crippen LogP contribution is -0.670. The Hall–Kier alpha value is 0.840. The van der Waals surface area contributed by atoms with Crippen LogP contribution in [0.1, 0.15) is 0 Å². The molecule has 2 unspecified atom stereocenters. The summed E-state index contributed by atoms with van der Waals surface area (Å²) in [6, 6.07) is 0. The second-order valence-corrected chi connectivity index (χ2v) is 9.03. The average Bonchev–Trinajstić information content (AvgIpc) is 1.75. The maximum absolute atomic E-state index is 8.21. The number of hydrogen-bond acceptors (Lipinski definition) is 2. The Morgan fingerprint density at radius 1 is 2.00 bits per heavy atom. The molecule has 2 atom stereocenters. The largest absolute Gasteiger partial charge is 0.218 e. The minimum Gasteiger partial charge on any atom is -0.218 e. The second-order valence-electron chi connectivity index (χ2n) is 0.456. The summed E-state index contributed by atoms with van der Waals surface area (Å²) in [6.45, 7) is 0.844. The molecule has 0 radical (unpaired) electrons. The molecule has 0 bridgehead atoms. The Bertz CT molecular complexity index is 69.8. The second kappa shape index (κ2) is 0.908. The van der Waals surface area contributed by atoms with Crippen LogP contribution in [0.5, 0.6) is 0 Å². The first-order valence-electron chi connectivity index (χ1n) is 0.810. The zero-order valence-corrected chi connectivity index (χ0v) is 4.51. The Morgan fingerprint density at radius 3 is 2.25 bits per heavy atom. The third-order valence-corrected chi connectivity index (χ3v) is 4.67.